The number of imidazole rings is 1. The molecule has 0 unspecified atom stereocenters. The highest BCUT2D eigenvalue weighted by Gasteiger charge is 2.19. The molecule has 1 amide bonds. The van der Waals surface area contributed by atoms with E-state index in [1.54, 1.807) is 6.33 Å². The third-order valence-electron chi connectivity index (χ3n) is 4.38. The number of amides is 1. The molecule has 8 heteroatoms. The normalized spacial score (nSPS) is 14.2. The van der Waals surface area contributed by atoms with Gasteiger partial charge in [-0.2, -0.15) is 9.97 Å². The first-order valence-electron chi connectivity index (χ1n) is 8.84. The fraction of sp³-hybridized carbons (Fsp3) is 0.333. The zero-order valence-corrected chi connectivity index (χ0v) is 14.4. The molecule has 1 aromatic carbocycles. The van der Waals surface area contributed by atoms with Crippen LogP contribution in [0.25, 0.3) is 11.2 Å². The Morgan fingerprint density at radius 1 is 1.19 bits per heavy atom. The van der Waals surface area contributed by atoms with Crippen LogP contribution in [0.5, 0.6) is 0 Å². The van der Waals surface area contributed by atoms with Crippen molar-refractivity contribution in [3.05, 3.63) is 36.7 Å². The molecule has 26 heavy (non-hydrogen) atoms. The first kappa shape index (κ1) is 16.3. The molecule has 1 aliphatic rings. The predicted octanol–water partition coefficient (Wildman–Crippen LogP) is 2.52. The largest absolute Gasteiger partial charge is 0.354 e. The van der Waals surface area contributed by atoms with Gasteiger partial charge in [0.2, 0.25) is 11.9 Å². The third-order valence-corrected chi connectivity index (χ3v) is 4.38. The summed E-state index contributed by atoms with van der Waals surface area (Å²) < 4.78 is 0. The second-order valence-corrected chi connectivity index (χ2v) is 6.25. The number of carbonyl (C=O) groups is 1. The van der Waals surface area contributed by atoms with Crippen LogP contribution in [0, 0.1) is 0 Å². The number of aromatic amines is 1. The highest BCUT2D eigenvalue weighted by molar-refractivity contribution is 5.86. The Morgan fingerprint density at radius 3 is 2.88 bits per heavy atom. The molecule has 1 aliphatic heterocycles. The van der Waals surface area contributed by atoms with Crippen molar-refractivity contribution in [2.24, 2.45) is 0 Å². The summed E-state index contributed by atoms with van der Waals surface area (Å²) in [7, 11) is 0. The number of carbonyl (C=O) groups excluding carboxylic acids is 1. The van der Waals surface area contributed by atoms with Crippen molar-refractivity contribution < 1.29 is 4.79 Å². The Hall–Kier alpha value is -3.16. The van der Waals surface area contributed by atoms with Gasteiger partial charge >= 0.3 is 0 Å². The standard InChI is InChI=1S/C18H21N7O/c26-14-8-4-10-25(14)11-5-9-19-18-23-16-15(20-12-21-16)17(24-18)22-13-6-2-1-3-7-13/h1-3,6-7,12H,4-5,8-11H2,(H3,19,20,21,22,23,24). The fourth-order valence-electron chi connectivity index (χ4n) is 3.07. The number of nitrogens with zero attached hydrogens (tertiary/aromatic N) is 4. The van der Waals surface area contributed by atoms with E-state index >= 15 is 0 Å². The molecule has 0 atom stereocenters. The molecular formula is C18H21N7O. The van der Waals surface area contributed by atoms with E-state index in [9.17, 15) is 4.79 Å². The summed E-state index contributed by atoms with van der Waals surface area (Å²) >= 11 is 0. The Balaban J connectivity index is 1.43. The van der Waals surface area contributed by atoms with Crippen LogP contribution in [0.1, 0.15) is 19.3 Å². The predicted molar refractivity (Wildman–Crippen MR) is 100 cm³/mol. The van der Waals surface area contributed by atoms with Gasteiger partial charge in [-0.3, -0.25) is 4.79 Å². The summed E-state index contributed by atoms with van der Waals surface area (Å²) in [5.41, 5.74) is 2.32. The van der Waals surface area contributed by atoms with Crippen molar-refractivity contribution in [3.8, 4) is 0 Å². The topological polar surface area (TPSA) is 98.8 Å². The van der Waals surface area contributed by atoms with Crippen molar-refractivity contribution >= 4 is 34.5 Å². The van der Waals surface area contributed by atoms with Gasteiger partial charge in [0.1, 0.15) is 5.52 Å². The molecule has 0 aliphatic carbocycles. The summed E-state index contributed by atoms with van der Waals surface area (Å²) in [5.74, 6) is 1.46. The smallest absolute Gasteiger partial charge is 0.226 e. The lowest BCUT2D eigenvalue weighted by Crippen LogP contribution is -2.27. The van der Waals surface area contributed by atoms with Crippen LogP contribution in [-0.4, -0.2) is 50.4 Å². The fourth-order valence-corrected chi connectivity index (χ4v) is 3.07. The maximum atomic E-state index is 11.6. The summed E-state index contributed by atoms with van der Waals surface area (Å²) in [6.07, 6.45) is 4.12. The van der Waals surface area contributed by atoms with Crippen LogP contribution in [0.15, 0.2) is 36.7 Å². The van der Waals surface area contributed by atoms with E-state index in [1.165, 1.54) is 0 Å². The van der Waals surface area contributed by atoms with Gasteiger partial charge < -0.3 is 20.5 Å². The number of H-pyrrole nitrogens is 1. The first-order valence-corrected chi connectivity index (χ1v) is 8.84. The second-order valence-electron chi connectivity index (χ2n) is 6.25. The summed E-state index contributed by atoms with van der Waals surface area (Å²) in [4.78, 5) is 29.9. The molecule has 3 heterocycles. The van der Waals surface area contributed by atoms with Gasteiger partial charge in [0, 0.05) is 31.7 Å². The van der Waals surface area contributed by atoms with E-state index in [2.05, 4.69) is 30.6 Å². The SMILES string of the molecule is O=C1CCCN1CCCNc1nc(Nc2ccccc2)c2[nH]cnc2n1. The minimum absolute atomic E-state index is 0.258. The molecular weight excluding hydrogens is 330 g/mol. The van der Waals surface area contributed by atoms with E-state index < -0.39 is 0 Å². The van der Waals surface area contributed by atoms with Crippen molar-refractivity contribution in [2.45, 2.75) is 19.3 Å². The van der Waals surface area contributed by atoms with Gasteiger partial charge in [-0.1, -0.05) is 18.2 Å². The maximum absolute atomic E-state index is 11.6. The van der Waals surface area contributed by atoms with Gasteiger partial charge in [0.25, 0.3) is 0 Å². The first-order chi connectivity index (χ1) is 12.8. The number of para-hydroxylation sites is 1. The molecule has 3 N–H and O–H groups in total. The number of hydrogen-bond acceptors (Lipinski definition) is 6. The van der Waals surface area contributed by atoms with Gasteiger partial charge in [0.15, 0.2) is 11.5 Å². The quantitative estimate of drug-likeness (QED) is 0.566. The summed E-state index contributed by atoms with van der Waals surface area (Å²) in [6, 6.07) is 9.85. The van der Waals surface area contributed by atoms with E-state index in [0.29, 0.717) is 30.4 Å². The number of benzene rings is 1. The van der Waals surface area contributed by atoms with Gasteiger partial charge in [-0.25, -0.2) is 4.98 Å². The monoisotopic (exact) mass is 351 g/mol. The number of fused-ring (bicyclic) bond motifs is 1. The number of hydrogen-bond donors (Lipinski definition) is 3. The van der Waals surface area contributed by atoms with Gasteiger partial charge in [-0.05, 0) is 25.0 Å². The maximum Gasteiger partial charge on any atom is 0.226 e. The van der Waals surface area contributed by atoms with Crippen LogP contribution < -0.4 is 10.6 Å². The van der Waals surface area contributed by atoms with Crippen molar-refractivity contribution in [1.29, 1.82) is 0 Å². The van der Waals surface area contributed by atoms with E-state index in [-0.39, 0.29) is 5.91 Å². The summed E-state index contributed by atoms with van der Waals surface area (Å²) in [6.45, 7) is 2.34. The van der Waals surface area contributed by atoms with Crippen LogP contribution >= 0.6 is 0 Å². The average molecular weight is 351 g/mol. The minimum Gasteiger partial charge on any atom is -0.354 e. The lowest BCUT2D eigenvalue weighted by Gasteiger charge is -2.15. The molecule has 8 nitrogen and oxygen atoms in total. The highest BCUT2D eigenvalue weighted by atomic mass is 16.2. The van der Waals surface area contributed by atoms with Gasteiger partial charge in [-0.15, -0.1) is 0 Å². The number of anilines is 3. The van der Waals surface area contributed by atoms with Crippen LogP contribution in [0.2, 0.25) is 0 Å². The van der Waals surface area contributed by atoms with Crippen molar-refractivity contribution in [1.82, 2.24) is 24.8 Å². The second kappa shape index (κ2) is 7.38. The highest BCUT2D eigenvalue weighted by Crippen LogP contribution is 2.22. The van der Waals surface area contributed by atoms with Crippen LogP contribution in [-0.2, 0) is 4.79 Å². The molecule has 4 rings (SSSR count). The van der Waals surface area contributed by atoms with Gasteiger partial charge in [0.05, 0.1) is 6.33 Å². The Bertz CT molecular complexity index is 893. The number of likely N-dealkylation sites (tertiary alicyclic amines) is 1. The van der Waals surface area contributed by atoms with E-state index in [1.807, 2.05) is 35.2 Å². The van der Waals surface area contributed by atoms with Crippen molar-refractivity contribution in [3.63, 3.8) is 0 Å². The molecule has 3 aromatic rings. The molecule has 1 saturated heterocycles. The molecule has 0 bridgehead atoms. The Morgan fingerprint density at radius 2 is 2.08 bits per heavy atom. The molecule has 0 saturated carbocycles. The molecule has 134 valence electrons. The van der Waals surface area contributed by atoms with Crippen LogP contribution in [0.4, 0.5) is 17.5 Å². The van der Waals surface area contributed by atoms with Crippen molar-refractivity contribution in [2.75, 3.05) is 30.3 Å². The third kappa shape index (κ3) is 3.58. The zero-order valence-electron chi connectivity index (χ0n) is 14.4. The van der Waals surface area contributed by atoms with E-state index in [4.69, 9.17) is 0 Å². The lowest BCUT2D eigenvalue weighted by molar-refractivity contribution is -0.127. The Kier molecular flexibility index (Phi) is 4.63. The molecule has 0 radical (unpaired) electrons. The van der Waals surface area contributed by atoms with E-state index in [0.717, 1.165) is 37.1 Å². The summed E-state index contributed by atoms with van der Waals surface area (Å²) in [5, 5.41) is 6.54. The molecule has 1 fully saturated rings. The number of aromatic nitrogens is 4. The molecule has 0 spiro atoms. The lowest BCUT2D eigenvalue weighted by atomic mass is 10.3. The zero-order chi connectivity index (χ0) is 17.8. The average Bonchev–Trinajstić information content (AvgIpc) is 3.29. The number of rotatable bonds is 7. The minimum atomic E-state index is 0.258. The number of nitrogens with one attached hydrogen (secondary N) is 3. The van der Waals surface area contributed by atoms with Crippen LogP contribution in [0.3, 0.4) is 0 Å². The Labute approximate surface area is 151 Å². The molecule has 2 aromatic heterocycles.